The Hall–Kier alpha value is -1.01. The van der Waals surface area contributed by atoms with E-state index in [2.05, 4.69) is 51.8 Å². The molecular formula is C15H16FIN2. The minimum absolute atomic E-state index is 0.337. The van der Waals surface area contributed by atoms with E-state index in [0.717, 1.165) is 17.7 Å². The van der Waals surface area contributed by atoms with Gasteiger partial charge in [0.15, 0.2) is 0 Å². The molecule has 0 bridgehead atoms. The van der Waals surface area contributed by atoms with Gasteiger partial charge >= 0.3 is 0 Å². The summed E-state index contributed by atoms with van der Waals surface area (Å²) >= 11 is 2.27. The van der Waals surface area contributed by atoms with Gasteiger partial charge in [0.1, 0.15) is 5.82 Å². The van der Waals surface area contributed by atoms with Crippen molar-refractivity contribution in [3.63, 3.8) is 0 Å². The molecule has 1 aromatic carbocycles. The van der Waals surface area contributed by atoms with E-state index >= 15 is 0 Å². The Bertz CT molecular complexity index is 539. The van der Waals surface area contributed by atoms with Gasteiger partial charge in [-0.1, -0.05) is 19.1 Å². The monoisotopic (exact) mass is 370 g/mol. The van der Waals surface area contributed by atoms with E-state index in [1.54, 1.807) is 6.07 Å². The van der Waals surface area contributed by atoms with E-state index in [4.69, 9.17) is 5.73 Å². The first-order valence-corrected chi connectivity index (χ1v) is 7.27. The van der Waals surface area contributed by atoms with Crippen LogP contribution in [0.3, 0.4) is 0 Å². The predicted octanol–water partition coefficient (Wildman–Crippen LogP) is 3.63. The van der Waals surface area contributed by atoms with Crippen LogP contribution in [0.25, 0.3) is 0 Å². The maximum absolute atomic E-state index is 12.9. The number of aromatic nitrogens is 1. The summed E-state index contributed by atoms with van der Waals surface area (Å²) in [6, 6.07) is 11.3. The normalized spacial score (nSPS) is 14.1. The average molecular weight is 370 g/mol. The largest absolute Gasteiger partial charge is 0.320 e. The van der Waals surface area contributed by atoms with Crippen molar-refractivity contribution in [3.8, 4) is 0 Å². The van der Waals surface area contributed by atoms with Crippen molar-refractivity contribution in [3.05, 3.63) is 63.2 Å². The molecule has 0 spiro atoms. The van der Waals surface area contributed by atoms with Crippen LogP contribution in [0.5, 0.6) is 0 Å². The Kier molecular flexibility index (Phi) is 4.52. The van der Waals surface area contributed by atoms with Gasteiger partial charge < -0.3 is 5.73 Å². The number of pyridine rings is 1. The fourth-order valence-electron chi connectivity index (χ4n) is 2.03. The highest BCUT2D eigenvalue weighted by Gasteiger charge is 2.27. The summed E-state index contributed by atoms with van der Waals surface area (Å²) in [6.07, 6.45) is 2.66. The summed E-state index contributed by atoms with van der Waals surface area (Å²) in [7, 11) is 0. The molecule has 1 aromatic heterocycles. The van der Waals surface area contributed by atoms with E-state index in [-0.39, 0.29) is 5.82 Å². The van der Waals surface area contributed by atoms with Gasteiger partial charge in [-0.3, -0.25) is 4.98 Å². The third kappa shape index (κ3) is 3.51. The van der Waals surface area contributed by atoms with Gasteiger partial charge in [-0.2, -0.15) is 0 Å². The highest BCUT2D eigenvalue weighted by molar-refractivity contribution is 14.1. The lowest BCUT2D eigenvalue weighted by Crippen LogP contribution is -2.39. The molecular weight excluding hydrogens is 354 g/mol. The second kappa shape index (κ2) is 5.96. The maximum Gasteiger partial charge on any atom is 0.141 e. The average Bonchev–Trinajstić information content (AvgIpc) is 2.42. The van der Waals surface area contributed by atoms with Crippen LogP contribution in [0.15, 0.2) is 42.6 Å². The molecule has 100 valence electrons. The molecule has 0 aliphatic carbocycles. The molecule has 2 N–H and O–H groups in total. The lowest BCUT2D eigenvalue weighted by atomic mass is 9.86. The predicted molar refractivity (Wildman–Crippen MR) is 83.2 cm³/mol. The lowest BCUT2D eigenvalue weighted by molar-refractivity contribution is 0.410. The van der Waals surface area contributed by atoms with E-state index in [1.165, 1.54) is 15.8 Å². The molecule has 2 rings (SSSR count). The van der Waals surface area contributed by atoms with Crippen LogP contribution in [-0.2, 0) is 12.0 Å². The van der Waals surface area contributed by atoms with Crippen molar-refractivity contribution in [2.45, 2.75) is 25.3 Å². The van der Waals surface area contributed by atoms with Crippen LogP contribution in [-0.4, -0.2) is 4.98 Å². The summed E-state index contributed by atoms with van der Waals surface area (Å²) in [5, 5.41) is 0. The lowest BCUT2D eigenvalue weighted by Gasteiger charge is -2.27. The Balaban J connectivity index is 2.27. The number of hydrogen-bond acceptors (Lipinski definition) is 2. The Morgan fingerprint density at radius 3 is 2.42 bits per heavy atom. The van der Waals surface area contributed by atoms with Gasteiger partial charge in [0.2, 0.25) is 0 Å². The van der Waals surface area contributed by atoms with Gasteiger partial charge in [-0.05, 0) is 65.3 Å². The van der Waals surface area contributed by atoms with Crippen molar-refractivity contribution >= 4 is 22.6 Å². The molecule has 0 saturated heterocycles. The summed E-state index contributed by atoms with van der Waals surface area (Å²) in [5.74, 6) is -0.337. The third-order valence-electron chi connectivity index (χ3n) is 3.30. The van der Waals surface area contributed by atoms with Crippen LogP contribution < -0.4 is 5.73 Å². The summed E-state index contributed by atoms with van der Waals surface area (Å²) < 4.78 is 14.1. The molecule has 0 aliphatic rings. The first kappa shape index (κ1) is 14.4. The number of benzene rings is 1. The topological polar surface area (TPSA) is 38.9 Å². The smallest absolute Gasteiger partial charge is 0.141 e. The summed E-state index contributed by atoms with van der Waals surface area (Å²) in [5.41, 5.74) is 7.79. The molecule has 1 heterocycles. The maximum atomic E-state index is 12.9. The van der Waals surface area contributed by atoms with Crippen LogP contribution in [0.2, 0.25) is 0 Å². The second-order valence-corrected chi connectivity index (χ2v) is 5.92. The van der Waals surface area contributed by atoms with E-state index in [0.29, 0.717) is 6.42 Å². The molecule has 19 heavy (non-hydrogen) atoms. The zero-order valence-corrected chi connectivity index (χ0v) is 12.9. The van der Waals surface area contributed by atoms with Crippen LogP contribution in [0.1, 0.15) is 24.6 Å². The molecule has 4 heteroatoms. The van der Waals surface area contributed by atoms with Gasteiger partial charge in [-0.15, -0.1) is 0 Å². The minimum atomic E-state index is -0.555. The first-order valence-electron chi connectivity index (χ1n) is 6.19. The van der Waals surface area contributed by atoms with Crippen molar-refractivity contribution in [2.75, 3.05) is 0 Å². The van der Waals surface area contributed by atoms with Crippen LogP contribution >= 0.6 is 22.6 Å². The van der Waals surface area contributed by atoms with Gasteiger partial charge in [0, 0.05) is 3.57 Å². The van der Waals surface area contributed by atoms with Gasteiger partial charge in [0.25, 0.3) is 0 Å². The molecule has 0 aliphatic heterocycles. The zero-order valence-electron chi connectivity index (χ0n) is 10.7. The molecule has 0 fully saturated rings. The Morgan fingerprint density at radius 1 is 1.21 bits per heavy atom. The molecule has 0 radical (unpaired) electrons. The number of nitrogens with zero attached hydrogens (tertiary/aromatic N) is 1. The van der Waals surface area contributed by atoms with Gasteiger partial charge in [-0.25, -0.2) is 4.39 Å². The second-order valence-electron chi connectivity index (χ2n) is 4.67. The molecule has 1 atom stereocenters. The standard InChI is InChI=1S/C15H16FIN2/c1-2-15(18,14-8-5-12(16)10-19-14)9-11-3-6-13(17)7-4-11/h3-8,10H,2,9,18H2,1H3. The number of nitrogens with two attached hydrogens (primary N) is 1. The quantitative estimate of drug-likeness (QED) is 0.835. The van der Waals surface area contributed by atoms with Crippen LogP contribution in [0.4, 0.5) is 4.39 Å². The molecule has 0 amide bonds. The number of hydrogen-bond donors (Lipinski definition) is 1. The van der Waals surface area contributed by atoms with Crippen molar-refractivity contribution in [1.82, 2.24) is 4.98 Å². The molecule has 2 aromatic rings. The van der Waals surface area contributed by atoms with Crippen LogP contribution in [0, 0.1) is 9.39 Å². The first-order chi connectivity index (χ1) is 9.03. The molecule has 1 unspecified atom stereocenters. The van der Waals surface area contributed by atoms with E-state index in [1.807, 2.05) is 6.92 Å². The van der Waals surface area contributed by atoms with Gasteiger partial charge in [0.05, 0.1) is 17.4 Å². The highest BCUT2D eigenvalue weighted by Crippen LogP contribution is 2.25. The SMILES string of the molecule is CCC(N)(Cc1ccc(I)cc1)c1ccc(F)cn1. The van der Waals surface area contributed by atoms with Crippen molar-refractivity contribution in [2.24, 2.45) is 5.73 Å². The molecule has 2 nitrogen and oxygen atoms in total. The van der Waals surface area contributed by atoms with Crippen molar-refractivity contribution < 1.29 is 4.39 Å². The minimum Gasteiger partial charge on any atom is -0.320 e. The Labute approximate surface area is 126 Å². The highest BCUT2D eigenvalue weighted by atomic mass is 127. The summed E-state index contributed by atoms with van der Waals surface area (Å²) in [4.78, 5) is 4.13. The fraction of sp³-hybridized carbons (Fsp3) is 0.267. The van der Waals surface area contributed by atoms with Crippen molar-refractivity contribution in [1.29, 1.82) is 0 Å². The Morgan fingerprint density at radius 2 is 1.89 bits per heavy atom. The zero-order chi connectivity index (χ0) is 13.9. The number of rotatable bonds is 4. The fourth-order valence-corrected chi connectivity index (χ4v) is 2.39. The summed E-state index contributed by atoms with van der Waals surface area (Å²) in [6.45, 7) is 2.03. The number of halogens is 2. The molecule has 0 saturated carbocycles. The van der Waals surface area contributed by atoms with E-state index < -0.39 is 5.54 Å². The third-order valence-corrected chi connectivity index (χ3v) is 4.02. The van der Waals surface area contributed by atoms with E-state index in [9.17, 15) is 4.39 Å².